The number of rotatable bonds is 5. The molecule has 1 aromatic heterocycles. The first-order valence-corrected chi connectivity index (χ1v) is 11.0. The summed E-state index contributed by atoms with van der Waals surface area (Å²) < 4.78 is 5.89. The Kier molecular flexibility index (Phi) is 6.67. The molecule has 1 aliphatic rings. The summed E-state index contributed by atoms with van der Waals surface area (Å²) >= 11 is 0. The monoisotopic (exact) mass is 407 g/mol. The Balaban J connectivity index is 0.00000124. The smallest absolute Gasteiger partial charge is 0.251 e. The number of amides is 1. The maximum Gasteiger partial charge on any atom is 0.251 e. The fraction of sp³-hybridized carbons (Fsp3) is 0.423. The minimum Gasteiger partial charge on any atom is -0.456 e. The number of hydrogen-bond donors (Lipinski definition) is 2. The normalized spacial score (nSPS) is 21.8. The molecule has 3 unspecified atom stereocenters. The molecule has 2 aromatic carbocycles. The van der Waals surface area contributed by atoms with Gasteiger partial charge in [-0.2, -0.15) is 0 Å². The summed E-state index contributed by atoms with van der Waals surface area (Å²) in [5, 5.41) is 15.6. The number of benzene rings is 2. The number of fused-ring (bicyclic) bond motifs is 3. The first kappa shape index (κ1) is 22.1. The van der Waals surface area contributed by atoms with E-state index in [-0.39, 0.29) is 17.9 Å². The van der Waals surface area contributed by atoms with Gasteiger partial charge >= 0.3 is 0 Å². The van der Waals surface area contributed by atoms with E-state index in [2.05, 4.69) is 18.0 Å². The molecule has 0 saturated heterocycles. The van der Waals surface area contributed by atoms with E-state index in [9.17, 15) is 9.90 Å². The third-order valence-corrected chi connectivity index (χ3v) is 6.23. The summed E-state index contributed by atoms with van der Waals surface area (Å²) in [6, 6.07) is 11.5. The van der Waals surface area contributed by atoms with Crippen LogP contribution in [0.25, 0.3) is 21.9 Å². The second-order valence-corrected chi connectivity index (χ2v) is 8.13. The Morgan fingerprint density at radius 2 is 1.93 bits per heavy atom. The van der Waals surface area contributed by atoms with E-state index in [0.29, 0.717) is 12.0 Å². The molecule has 1 fully saturated rings. The molecular weight excluding hydrogens is 374 g/mol. The van der Waals surface area contributed by atoms with Gasteiger partial charge in [-0.1, -0.05) is 38.5 Å². The van der Waals surface area contributed by atoms with Crippen LogP contribution in [0.2, 0.25) is 0 Å². The summed E-state index contributed by atoms with van der Waals surface area (Å²) in [7, 11) is 0. The molecule has 0 aliphatic heterocycles. The lowest BCUT2D eigenvalue weighted by atomic mass is 9.93. The van der Waals surface area contributed by atoms with Crippen LogP contribution in [-0.4, -0.2) is 22.7 Å². The van der Waals surface area contributed by atoms with Crippen LogP contribution in [0.1, 0.15) is 62.4 Å². The van der Waals surface area contributed by atoms with Gasteiger partial charge < -0.3 is 14.8 Å². The van der Waals surface area contributed by atoms with Crippen molar-refractivity contribution in [2.45, 2.75) is 65.0 Å². The minimum absolute atomic E-state index is 0.124. The van der Waals surface area contributed by atoms with E-state index in [0.717, 1.165) is 46.8 Å². The van der Waals surface area contributed by atoms with E-state index in [1.54, 1.807) is 12.1 Å². The standard InChI is InChI=1S/C24H27NO3.C2H6/c1-4-20(17-10-11-24(27,5-2)14-17)25-23(26)16-7-9-22-19(13-16)18-12-15(3)6-8-21(18)28-22;1-2/h4,6-9,12-13,17,20,27H,1,5,10-11,14H2,2-3H3,(H,25,26);1-2H3. The lowest BCUT2D eigenvalue weighted by Gasteiger charge is -2.24. The second-order valence-electron chi connectivity index (χ2n) is 8.13. The average Bonchev–Trinajstić information content (AvgIpc) is 3.34. The molecule has 1 heterocycles. The lowest BCUT2D eigenvalue weighted by Crippen LogP contribution is -2.39. The summed E-state index contributed by atoms with van der Waals surface area (Å²) in [4.78, 5) is 12.9. The number of aryl methyl sites for hydroxylation is 1. The quantitative estimate of drug-likeness (QED) is 0.499. The van der Waals surface area contributed by atoms with Gasteiger partial charge in [-0.15, -0.1) is 6.58 Å². The molecule has 30 heavy (non-hydrogen) atoms. The van der Waals surface area contributed by atoms with Crippen LogP contribution in [0.5, 0.6) is 0 Å². The van der Waals surface area contributed by atoms with Crippen LogP contribution in [0.4, 0.5) is 0 Å². The van der Waals surface area contributed by atoms with Gasteiger partial charge in [0.05, 0.1) is 11.6 Å². The number of carbonyl (C=O) groups excluding carboxylic acids is 1. The summed E-state index contributed by atoms with van der Waals surface area (Å²) in [5.41, 5.74) is 2.75. The third kappa shape index (κ3) is 4.29. The molecule has 0 bridgehead atoms. The molecule has 4 heteroatoms. The number of hydrogen-bond acceptors (Lipinski definition) is 3. The molecule has 4 rings (SSSR count). The second kappa shape index (κ2) is 9.05. The molecular formula is C26H33NO3. The maximum absolute atomic E-state index is 12.9. The lowest BCUT2D eigenvalue weighted by molar-refractivity contribution is 0.0382. The van der Waals surface area contributed by atoms with Gasteiger partial charge in [-0.25, -0.2) is 0 Å². The molecule has 2 N–H and O–H groups in total. The highest BCUT2D eigenvalue weighted by molar-refractivity contribution is 6.08. The van der Waals surface area contributed by atoms with Gasteiger partial charge in [-0.05, 0) is 68.9 Å². The number of aliphatic hydroxyl groups is 1. The first-order valence-electron chi connectivity index (χ1n) is 11.0. The van der Waals surface area contributed by atoms with Gasteiger partial charge in [0.15, 0.2) is 0 Å². The van der Waals surface area contributed by atoms with Crippen molar-refractivity contribution in [1.82, 2.24) is 5.32 Å². The third-order valence-electron chi connectivity index (χ3n) is 6.23. The van der Waals surface area contributed by atoms with Crippen LogP contribution < -0.4 is 5.32 Å². The highest BCUT2D eigenvalue weighted by atomic mass is 16.3. The van der Waals surface area contributed by atoms with E-state index in [4.69, 9.17) is 4.42 Å². The average molecular weight is 408 g/mol. The number of carbonyl (C=O) groups is 1. The molecule has 4 nitrogen and oxygen atoms in total. The van der Waals surface area contributed by atoms with Crippen LogP contribution >= 0.6 is 0 Å². The van der Waals surface area contributed by atoms with Crippen LogP contribution in [-0.2, 0) is 0 Å². The van der Waals surface area contributed by atoms with Crippen LogP contribution in [0.15, 0.2) is 53.5 Å². The Bertz CT molecular complexity index is 1050. The van der Waals surface area contributed by atoms with Crippen molar-refractivity contribution in [3.05, 3.63) is 60.2 Å². The summed E-state index contributed by atoms with van der Waals surface area (Å²) in [5.74, 6) is 0.0910. The predicted octanol–water partition coefficient (Wildman–Crippen LogP) is 6.15. The SMILES string of the molecule is C=CC(NC(=O)c1ccc2oc3ccc(C)cc3c2c1)C1CCC(O)(CC)C1.CC. The van der Waals surface area contributed by atoms with Crippen molar-refractivity contribution >= 4 is 27.8 Å². The zero-order chi connectivity index (χ0) is 21.9. The van der Waals surface area contributed by atoms with Crippen molar-refractivity contribution in [2.24, 2.45) is 5.92 Å². The molecule has 0 radical (unpaired) electrons. The minimum atomic E-state index is -0.608. The van der Waals surface area contributed by atoms with Gasteiger partial charge in [-0.3, -0.25) is 4.79 Å². The van der Waals surface area contributed by atoms with Crippen molar-refractivity contribution in [1.29, 1.82) is 0 Å². The van der Waals surface area contributed by atoms with E-state index in [1.165, 1.54) is 0 Å². The Hall–Kier alpha value is -2.59. The molecule has 3 aromatic rings. The topological polar surface area (TPSA) is 62.5 Å². The molecule has 160 valence electrons. The molecule has 1 saturated carbocycles. The van der Waals surface area contributed by atoms with Gasteiger partial charge in [0.25, 0.3) is 5.91 Å². The highest BCUT2D eigenvalue weighted by Crippen LogP contribution is 2.39. The van der Waals surface area contributed by atoms with Crippen molar-refractivity contribution in [3.8, 4) is 0 Å². The van der Waals surface area contributed by atoms with Crippen molar-refractivity contribution < 1.29 is 14.3 Å². The van der Waals surface area contributed by atoms with E-state index in [1.807, 2.05) is 52.0 Å². The van der Waals surface area contributed by atoms with Crippen molar-refractivity contribution in [3.63, 3.8) is 0 Å². The van der Waals surface area contributed by atoms with E-state index < -0.39 is 5.60 Å². The summed E-state index contributed by atoms with van der Waals surface area (Å²) in [6.07, 6.45) is 4.90. The Labute approximate surface area is 179 Å². The van der Waals surface area contributed by atoms with Crippen LogP contribution in [0, 0.1) is 12.8 Å². The zero-order valence-electron chi connectivity index (χ0n) is 18.5. The summed E-state index contributed by atoms with van der Waals surface area (Å²) in [6.45, 7) is 12.0. The van der Waals surface area contributed by atoms with Crippen LogP contribution in [0.3, 0.4) is 0 Å². The number of nitrogens with one attached hydrogen (secondary N) is 1. The fourth-order valence-electron chi connectivity index (χ4n) is 4.41. The van der Waals surface area contributed by atoms with Gasteiger partial charge in [0.1, 0.15) is 11.2 Å². The van der Waals surface area contributed by atoms with Crippen molar-refractivity contribution in [2.75, 3.05) is 0 Å². The molecule has 1 amide bonds. The molecule has 3 atom stereocenters. The predicted molar refractivity (Wildman–Crippen MR) is 124 cm³/mol. The maximum atomic E-state index is 12.9. The first-order chi connectivity index (χ1) is 14.4. The highest BCUT2D eigenvalue weighted by Gasteiger charge is 2.38. The Morgan fingerprint density at radius 1 is 1.27 bits per heavy atom. The largest absolute Gasteiger partial charge is 0.456 e. The van der Waals surface area contributed by atoms with Gasteiger partial charge in [0, 0.05) is 16.3 Å². The number of furan rings is 1. The van der Waals surface area contributed by atoms with E-state index >= 15 is 0 Å². The molecule has 0 spiro atoms. The Morgan fingerprint density at radius 3 is 2.57 bits per heavy atom. The zero-order valence-corrected chi connectivity index (χ0v) is 18.5. The molecule has 1 aliphatic carbocycles. The fourth-order valence-corrected chi connectivity index (χ4v) is 4.41. The van der Waals surface area contributed by atoms with Gasteiger partial charge in [0.2, 0.25) is 0 Å².